The van der Waals surface area contributed by atoms with E-state index in [1.165, 1.54) is 0 Å². The van der Waals surface area contributed by atoms with E-state index in [2.05, 4.69) is 5.32 Å². The number of hydrogen-bond donors (Lipinski definition) is 2. The molecule has 0 aromatic rings. The topological polar surface area (TPSA) is 55.1 Å². The van der Waals surface area contributed by atoms with Gasteiger partial charge < -0.3 is 11.1 Å². The number of nitrogens with one attached hydrogen (secondary N) is 1. The lowest BCUT2D eigenvalue weighted by atomic mass is 9.81. The molecule has 0 aromatic carbocycles. The second-order valence-electron chi connectivity index (χ2n) is 3.86. The predicted molar refractivity (Wildman–Crippen MR) is 44.0 cm³/mol. The van der Waals surface area contributed by atoms with Crippen LogP contribution in [0.2, 0.25) is 0 Å². The first kappa shape index (κ1) is 8.53. The fourth-order valence-electron chi connectivity index (χ4n) is 1.38. The second-order valence-corrected chi connectivity index (χ2v) is 3.86. The molecule has 0 spiro atoms. The summed E-state index contributed by atoms with van der Waals surface area (Å²) in [5, 5.41) is 2.79. The summed E-state index contributed by atoms with van der Waals surface area (Å²) in [6, 6.07) is -0.343. The molecule has 1 heterocycles. The van der Waals surface area contributed by atoms with Crippen LogP contribution in [0.3, 0.4) is 0 Å². The van der Waals surface area contributed by atoms with E-state index in [0.717, 1.165) is 19.4 Å². The van der Waals surface area contributed by atoms with E-state index in [0.29, 0.717) is 0 Å². The largest absolute Gasteiger partial charge is 0.355 e. The van der Waals surface area contributed by atoms with Crippen LogP contribution < -0.4 is 11.1 Å². The number of amides is 1. The van der Waals surface area contributed by atoms with Crippen LogP contribution in [-0.2, 0) is 4.79 Å². The van der Waals surface area contributed by atoms with Crippen molar-refractivity contribution in [1.82, 2.24) is 5.32 Å². The summed E-state index contributed by atoms with van der Waals surface area (Å²) in [6.45, 7) is 4.86. The molecule has 0 aliphatic carbocycles. The van der Waals surface area contributed by atoms with Gasteiger partial charge in [0.25, 0.3) is 0 Å². The maximum absolute atomic E-state index is 11.2. The molecule has 0 radical (unpaired) electrons. The molecular weight excluding hydrogens is 140 g/mol. The molecule has 1 fully saturated rings. The Bertz CT molecular complexity index is 165. The van der Waals surface area contributed by atoms with E-state index < -0.39 is 0 Å². The van der Waals surface area contributed by atoms with Crippen molar-refractivity contribution in [2.45, 2.75) is 32.7 Å². The fraction of sp³-hybridized carbons (Fsp3) is 0.875. The van der Waals surface area contributed by atoms with E-state index in [9.17, 15) is 4.79 Å². The van der Waals surface area contributed by atoms with Crippen molar-refractivity contribution in [2.75, 3.05) is 6.54 Å². The van der Waals surface area contributed by atoms with Crippen LogP contribution >= 0.6 is 0 Å². The van der Waals surface area contributed by atoms with Gasteiger partial charge in [-0.2, -0.15) is 0 Å². The zero-order valence-corrected chi connectivity index (χ0v) is 7.18. The number of carbonyl (C=O) groups excluding carboxylic acids is 1. The molecule has 3 N–H and O–H groups in total. The minimum Gasteiger partial charge on any atom is -0.355 e. The first-order chi connectivity index (χ1) is 5.04. The first-order valence-electron chi connectivity index (χ1n) is 4.07. The Balaban J connectivity index is 2.73. The van der Waals surface area contributed by atoms with E-state index in [1.807, 2.05) is 13.8 Å². The molecule has 1 aliphatic heterocycles. The maximum atomic E-state index is 11.2. The number of hydrogen-bond acceptors (Lipinski definition) is 2. The average molecular weight is 156 g/mol. The van der Waals surface area contributed by atoms with Crippen molar-refractivity contribution in [3.8, 4) is 0 Å². The molecule has 11 heavy (non-hydrogen) atoms. The summed E-state index contributed by atoms with van der Waals surface area (Å²) < 4.78 is 0. The van der Waals surface area contributed by atoms with E-state index in [4.69, 9.17) is 5.73 Å². The smallest absolute Gasteiger partial charge is 0.237 e. The van der Waals surface area contributed by atoms with Crippen LogP contribution in [0.4, 0.5) is 0 Å². The van der Waals surface area contributed by atoms with Gasteiger partial charge in [-0.05, 0) is 18.3 Å². The van der Waals surface area contributed by atoms with E-state index >= 15 is 0 Å². The number of nitrogens with two attached hydrogens (primary N) is 1. The lowest BCUT2D eigenvalue weighted by Crippen LogP contribution is -2.47. The summed E-state index contributed by atoms with van der Waals surface area (Å²) >= 11 is 0. The van der Waals surface area contributed by atoms with Crippen LogP contribution in [0.15, 0.2) is 0 Å². The predicted octanol–water partition coefficient (Wildman–Crippen LogP) is 0.250. The Morgan fingerprint density at radius 2 is 2.27 bits per heavy atom. The highest BCUT2D eigenvalue weighted by Gasteiger charge is 2.33. The molecule has 1 amide bonds. The minimum absolute atomic E-state index is 0.00694. The van der Waals surface area contributed by atoms with Gasteiger partial charge >= 0.3 is 0 Å². The van der Waals surface area contributed by atoms with Crippen molar-refractivity contribution in [2.24, 2.45) is 11.1 Å². The summed E-state index contributed by atoms with van der Waals surface area (Å²) in [4.78, 5) is 11.2. The Morgan fingerprint density at radius 3 is 2.91 bits per heavy atom. The van der Waals surface area contributed by atoms with Crippen LogP contribution in [-0.4, -0.2) is 18.5 Å². The average Bonchev–Trinajstić information content (AvgIpc) is 2.03. The van der Waals surface area contributed by atoms with Crippen LogP contribution in [0.25, 0.3) is 0 Å². The lowest BCUT2D eigenvalue weighted by molar-refractivity contribution is -0.124. The standard InChI is InChI=1S/C8H16N2O/c1-8(2)4-3-5-10-7(11)6(8)9/h6H,3-5,9H2,1-2H3,(H,10,11)/t6-/m0/s1. The summed E-state index contributed by atoms with van der Waals surface area (Å²) in [5.74, 6) is -0.00694. The third-order valence-electron chi connectivity index (χ3n) is 2.42. The molecule has 0 unspecified atom stereocenters. The van der Waals surface area contributed by atoms with Crippen LogP contribution in [0.1, 0.15) is 26.7 Å². The van der Waals surface area contributed by atoms with Gasteiger partial charge in [0.05, 0.1) is 6.04 Å². The molecule has 0 saturated carbocycles. The van der Waals surface area contributed by atoms with Gasteiger partial charge in [-0.3, -0.25) is 4.79 Å². The van der Waals surface area contributed by atoms with Crippen molar-refractivity contribution in [3.05, 3.63) is 0 Å². The lowest BCUT2D eigenvalue weighted by Gasteiger charge is -2.27. The molecule has 1 rings (SSSR count). The van der Waals surface area contributed by atoms with Crippen molar-refractivity contribution in [3.63, 3.8) is 0 Å². The molecular formula is C8H16N2O. The quantitative estimate of drug-likeness (QED) is 0.528. The van der Waals surface area contributed by atoms with Gasteiger partial charge in [-0.1, -0.05) is 13.8 Å². The molecule has 1 saturated heterocycles. The Morgan fingerprint density at radius 1 is 1.64 bits per heavy atom. The third kappa shape index (κ3) is 1.71. The van der Waals surface area contributed by atoms with Gasteiger partial charge in [-0.15, -0.1) is 0 Å². The summed E-state index contributed by atoms with van der Waals surface area (Å²) in [5.41, 5.74) is 5.70. The van der Waals surface area contributed by atoms with Gasteiger partial charge in [0.1, 0.15) is 0 Å². The van der Waals surface area contributed by atoms with Crippen LogP contribution in [0, 0.1) is 5.41 Å². The van der Waals surface area contributed by atoms with Crippen LogP contribution in [0.5, 0.6) is 0 Å². The van der Waals surface area contributed by atoms with Gasteiger partial charge in [-0.25, -0.2) is 0 Å². The number of rotatable bonds is 0. The maximum Gasteiger partial charge on any atom is 0.237 e. The van der Waals surface area contributed by atoms with Gasteiger partial charge in [0, 0.05) is 6.54 Å². The second kappa shape index (κ2) is 2.81. The molecule has 3 nitrogen and oxygen atoms in total. The molecule has 1 atom stereocenters. The number of carbonyl (C=O) groups is 1. The SMILES string of the molecule is CC1(C)CCCNC(=O)[C@@H]1N. The molecule has 64 valence electrons. The van der Waals surface area contributed by atoms with Crippen molar-refractivity contribution < 1.29 is 4.79 Å². The zero-order chi connectivity index (χ0) is 8.48. The van der Waals surface area contributed by atoms with Crippen molar-refractivity contribution >= 4 is 5.91 Å². The molecule has 0 aromatic heterocycles. The minimum atomic E-state index is -0.343. The van der Waals surface area contributed by atoms with Gasteiger partial charge in [0.2, 0.25) is 5.91 Å². The molecule has 3 heteroatoms. The Hall–Kier alpha value is -0.570. The van der Waals surface area contributed by atoms with Crippen molar-refractivity contribution in [1.29, 1.82) is 0 Å². The summed E-state index contributed by atoms with van der Waals surface area (Å²) in [6.07, 6.45) is 2.05. The zero-order valence-electron chi connectivity index (χ0n) is 7.18. The third-order valence-corrected chi connectivity index (χ3v) is 2.42. The normalized spacial score (nSPS) is 30.8. The highest BCUT2D eigenvalue weighted by Crippen LogP contribution is 2.27. The molecule has 0 bridgehead atoms. The van der Waals surface area contributed by atoms with E-state index in [-0.39, 0.29) is 17.4 Å². The highest BCUT2D eigenvalue weighted by atomic mass is 16.2. The van der Waals surface area contributed by atoms with Gasteiger partial charge in [0.15, 0.2) is 0 Å². The Labute approximate surface area is 67.3 Å². The monoisotopic (exact) mass is 156 g/mol. The first-order valence-corrected chi connectivity index (χ1v) is 4.07. The Kier molecular flexibility index (Phi) is 2.18. The van der Waals surface area contributed by atoms with E-state index in [1.54, 1.807) is 0 Å². The fourth-order valence-corrected chi connectivity index (χ4v) is 1.38. The summed E-state index contributed by atoms with van der Waals surface area (Å²) in [7, 11) is 0. The highest BCUT2D eigenvalue weighted by molar-refractivity contribution is 5.82. The molecule has 1 aliphatic rings.